The Balaban J connectivity index is 1.38. The van der Waals surface area contributed by atoms with Crippen LogP contribution >= 0.6 is 11.8 Å². The summed E-state index contributed by atoms with van der Waals surface area (Å²) >= 11 is 1.72. The van der Waals surface area contributed by atoms with Crippen molar-refractivity contribution >= 4 is 23.4 Å². The molecule has 4 aromatic carbocycles. The molecule has 4 rings (SSSR count). The molecule has 0 radical (unpaired) electrons. The van der Waals surface area contributed by atoms with Crippen LogP contribution in [0.15, 0.2) is 102 Å². The second-order valence-electron chi connectivity index (χ2n) is 7.88. The van der Waals surface area contributed by atoms with Gasteiger partial charge in [-0.1, -0.05) is 48.0 Å². The average Bonchev–Trinajstić information content (AvgIpc) is 2.88. The van der Waals surface area contributed by atoms with E-state index in [1.165, 1.54) is 10.5 Å². The van der Waals surface area contributed by atoms with Gasteiger partial charge in [0.1, 0.15) is 18.1 Å². The zero-order chi connectivity index (χ0) is 23.8. The molecule has 0 aliphatic rings. The second-order valence-corrected chi connectivity index (χ2v) is 8.93. The Kier molecular flexibility index (Phi) is 7.89. The number of aryl methyl sites for hydroxylation is 1. The highest BCUT2D eigenvalue weighted by Crippen LogP contribution is 2.29. The number of anilines is 1. The number of carbonyl (C=O) groups excluding carboxylic acids is 1. The van der Waals surface area contributed by atoms with Crippen molar-refractivity contribution in [3.05, 3.63) is 119 Å². The van der Waals surface area contributed by atoms with Crippen LogP contribution in [0.1, 0.15) is 27.0 Å². The van der Waals surface area contributed by atoms with Gasteiger partial charge < -0.3 is 14.8 Å². The fraction of sp³-hybridized carbons (Fsp3) is 0.138. The summed E-state index contributed by atoms with van der Waals surface area (Å²) in [5.74, 6) is 2.07. The zero-order valence-electron chi connectivity index (χ0n) is 19.3. The van der Waals surface area contributed by atoms with E-state index in [4.69, 9.17) is 9.47 Å². The molecule has 0 aliphatic carbocycles. The smallest absolute Gasteiger partial charge is 0.255 e. The van der Waals surface area contributed by atoms with E-state index in [1.54, 1.807) is 24.9 Å². The van der Waals surface area contributed by atoms with Crippen LogP contribution < -0.4 is 14.8 Å². The van der Waals surface area contributed by atoms with Gasteiger partial charge in [0.15, 0.2) is 0 Å². The monoisotopic (exact) mass is 469 g/mol. The number of hydrogen-bond donors (Lipinski definition) is 1. The van der Waals surface area contributed by atoms with Crippen molar-refractivity contribution in [1.82, 2.24) is 0 Å². The Hall–Kier alpha value is -3.70. The molecule has 172 valence electrons. The fourth-order valence-corrected chi connectivity index (χ4v) is 4.28. The van der Waals surface area contributed by atoms with E-state index in [1.807, 2.05) is 66.7 Å². The first-order valence-corrected chi connectivity index (χ1v) is 12.0. The summed E-state index contributed by atoms with van der Waals surface area (Å²) < 4.78 is 11.3. The van der Waals surface area contributed by atoms with Crippen LogP contribution in [0.5, 0.6) is 11.5 Å². The zero-order valence-corrected chi connectivity index (χ0v) is 20.1. The summed E-state index contributed by atoms with van der Waals surface area (Å²) in [5.41, 5.74) is 4.62. The van der Waals surface area contributed by atoms with Gasteiger partial charge in [0.25, 0.3) is 5.91 Å². The minimum absolute atomic E-state index is 0.165. The molecule has 4 aromatic rings. The van der Waals surface area contributed by atoms with Crippen molar-refractivity contribution in [3.63, 3.8) is 0 Å². The van der Waals surface area contributed by atoms with E-state index in [0.29, 0.717) is 23.6 Å². The van der Waals surface area contributed by atoms with Gasteiger partial charge in [-0.2, -0.15) is 0 Å². The molecule has 0 spiro atoms. The second kappa shape index (κ2) is 11.4. The molecule has 0 bridgehead atoms. The molecular weight excluding hydrogens is 442 g/mol. The Labute approximate surface area is 204 Å². The molecule has 0 heterocycles. The molecule has 0 aromatic heterocycles. The predicted molar refractivity (Wildman–Crippen MR) is 139 cm³/mol. The van der Waals surface area contributed by atoms with Crippen molar-refractivity contribution in [2.24, 2.45) is 0 Å². The number of rotatable bonds is 9. The molecule has 0 aliphatic heterocycles. The highest BCUT2D eigenvalue weighted by atomic mass is 32.2. The highest BCUT2D eigenvalue weighted by Gasteiger charge is 2.11. The molecular formula is C29H27NO3S. The van der Waals surface area contributed by atoms with Gasteiger partial charge in [-0.15, -0.1) is 11.8 Å². The third kappa shape index (κ3) is 6.42. The molecule has 5 heteroatoms. The molecule has 34 heavy (non-hydrogen) atoms. The van der Waals surface area contributed by atoms with Gasteiger partial charge in [0.2, 0.25) is 0 Å². The first-order valence-electron chi connectivity index (χ1n) is 11.1. The van der Waals surface area contributed by atoms with E-state index < -0.39 is 0 Å². The maximum atomic E-state index is 12.9. The maximum absolute atomic E-state index is 12.9. The quantitative estimate of drug-likeness (QED) is 0.265. The molecule has 0 atom stereocenters. The molecule has 0 saturated heterocycles. The molecule has 1 N–H and O–H groups in total. The van der Waals surface area contributed by atoms with Gasteiger partial charge in [0, 0.05) is 27.5 Å². The number of benzene rings is 4. The van der Waals surface area contributed by atoms with E-state index in [-0.39, 0.29) is 5.91 Å². The minimum Gasteiger partial charge on any atom is -0.496 e. The van der Waals surface area contributed by atoms with Gasteiger partial charge in [-0.25, -0.2) is 0 Å². The largest absolute Gasteiger partial charge is 0.496 e. The topological polar surface area (TPSA) is 47.6 Å². The van der Waals surface area contributed by atoms with Crippen LogP contribution in [0, 0.1) is 6.92 Å². The number of nitrogens with one attached hydrogen (secondary N) is 1. The summed E-state index contributed by atoms with van der Waals surface area (Å²) in [4.78, 5) is 14.1. The van der Waals surface area contributed by atoms with Gasteiger partial charge in [-0.3, -0.25) is 4.79 Å². The average molecular weight is 470 g/mol. The lowest BCUT2D eigenvalue weighted by Gasteiger charge is -2.12. The van der Waals surface area contributed by atoms with E-state index in [2.05, 4.69) is 36.5 Å². The Morgan fingerprint density at radius 1 is 0.882 bits per heavy atom. The standard InChI is InChI=1S/C29H27NO3S/c1-21-8-15-27(16-9-21)34-20-24-18-23(10-17-28(24)32-2)29(31)30-25-11-13-26(14-12-25)33-19-22-6-4-3-5-7-22/h3-18H,19-20H2,1-2H3,(H,30,31). The minimum atomic E-state index is -0.165. The lowest BCUT2D eigenvalue weighted by Crippen LogP contribution is -2.12. The predicted octanol–water partition coefficient (Wildman–Crippen LogP) is 7.13. The van der Waals surface area contributed by atoms with Crippen LogP contribution in [-0.4, -0.2) is 13.0 Å². The molecule has 1 amide bonds. The normalized spacial score (nSPS) is 10.5. The van der Waals surface area contributed by atoms with Crippen molar-refractivity contribution in [3.8, 4) is 11.5 Å². The lowest BCUT2D eigenvalue weighted by atomic mass is 10.1. The Morgan fingerprint density at radius 2 is 1.62 bits per heavy atom. The first-order chi connectivity index (χ1) is 16.6. The summed E-state index contributed by atoms with van der Waals surface area (Å²) in [7, 11) is 1.65. The van der Waals surface area contributed by atoms with Crippen molar-refractivity contribution in [1.29, 1.82) is 0 Å². The Morgan fingerprint density at radius 3 is 2.32 bits per heavy atom. The fourth-order valence-electron chi connectivity index (χ4n) is 3.41. The SMILES string of the molecule is COc1ccc(C(=O)Nc2ccc(OCc3ccccc3)cc2)cc1CSc1ccc(C)cc1. The van der Waals surface area contributed by atoms with E-state index >= 15 is 0 Å². The molecule has 4 nitrogen and oxygen atoms in total. The number of methoxy groups -OCH3 is 1. The van der Waals surface area contributed by atoms with Crippen molar-refractivity contribution in [2.75, 3.05) is 12.4 Å². The summed E-state index contributed by atoms with van der Waals surface area (Å²) in [6.45, 7) is 2.58. The van der Waals surface area contributed by atoms with Crippen LogP contribution in [0.4, 0.5) is 5.69 Å². The summed E-state index contributed by atoms with van der Waals surface area (Å²) in [6, 6.07) is 31.3. The number of carbonyl (C=O) groups is 1. The van der Waals surface area contributed by atoms with Crippen LogP contribution in [-0.2, 0) is 12.4 Å². The van der Waals surface area contributed by atoms with Gasteiger partial charge >= 0.3 is 0 Å². The molecule has 0 fully saturated rings. The van der Waals surface area contributed by atoms with E-state index in [0.717, 1.165) is 22.6 Å². The third-order valence-electron chi connectivity index (χ3n) is 5.32. The van der Waals surface area contributed by atoms with Crippen LogP contribution in [0.25, 0.3) is 0 Å². The number of amides is 1. The van der Waals surface area contributed by atoms with Gasteiger partial charge in [-0.05, 0) is 67.1 Å². The lowest BCUT2D eigenvalue weighted by molar-refractivity contribution is 0.102. The van der Waals surface area contributed by atoms with Crippen LogP contribution in [0.3, 0.4) is 0 Å². The summed E-state index contributed by atoms with van der Waals surface area (Å²) in [5, 5.41) is 2.96. The van der Waals surface area contributed by atoms with E-state index in [9.17, 15) is 4.79 Å². The highest BCUT2D eigenvalue weighted by molar-refractivity contribution is 7.98. The number of ether oxygens (including phenoxy) is 2. The third-order valence-corrected chi connectivity index (χ3v) is 6.38. The van der Waals surface area contributed by atoms with Crippen LogP contribution in [0.2, 0.25) is 0 Å². The maximum Gasteiger partial charge on any atom is 0.255 e. The number of hydrogen-bond acceptors (Lipinski definition) is 4. The Bertz CT molecular complexity index is 1220. The van der Waals surface area contributed by atoms with Gasteiger partial charge in [0.05, 0.1) is 7.11 Å². The first kappa shape index (κ1) is 23.5. The summed E-state index contributed by atoms with van der Waals surface area (Å²) in [6.07, 6.45) is 0. The molecule has 0 unspecified atom stereocenters. The van der Waals surface area contributed by atoms with Crippen molar-refractivity contribution < 1.29 is 14.3 Å². The number of thioether (sulfide) groups is 1. The van der Waals surface area contributed by atoms with Crippen molar-refractivity contribution in [2.45, 2.75) is 24.2 Å². The molecule has 0 saturated carbocycles.